The fourth-order valence-corrected chi connectivity index (χ4v) is 2.91. The molecule has 1 saturated heterocycles. The summed E-state index contributed by atoms with van der Waals surface area (Å²) in [6.07, 6.45) is 3.44. The van der Waals surface area contributed by atoms with E-state index in [1.165, 1.54) is 0 Å². The Balaban J connectivity index is 1.72. The monoisotopic (exact) mass is 346 g/mol. The van der Waals surface area contributed by atoms with Crippen molar-refractivity contribution in [3.05, 3.63) is 35.6 Å². The summed E-state index contributed by atoms with van der Waals surface area (Å²) in [4.78, 5) is 23.2. The van der Waals surface area contributed by atoms with E-state index >= 15 is 0 Å². The normalized spacial score (nSPS) is 17.5. The Morgan fingerprint density at radius 3 is 3.08 bits per heavy atom. The molecule has 0 aromatic carbocycles. The summed E-state index contributed by atoms with van der Waals surface area (Å²) in [6, 6.07) is 3.47. The molecule has 1 aliphatic heterocycles. The first-order valence-corrected chi connectivity index (χ1v) is 8.35. The maximum absolute atomic E-state index is 12.9. The van der Waals surface area contributed by atoms with Gasteiger partial charge >= 0.3 is 0 Å². The summed E-state index contributed by atoms with van der Waals surface area (Å²) in [7, 11) is 1.60. The molecule has 3 rings (SSSR count). The molecule has 2 aromatic rings. The van der Waals surface area contributed by atoms with Crippen LogP contribution >= 0.6 is 0 Å². The molecule has 0 radical (unpaired) electrons. The van der Waals surface area contributed by atoms with Gasteiger partial charge in [0.2, 0.25) is 11.8 Å². The van der Waals surface area contributed by atoms with Gasteiger partial charge in [0.1, 0.15) is 12.2 Å². The van der Waals surface area contributed by atoms with E-state index in [2.05, 4.69) is 15.1 Å². The number of hydrogen-bond donors (Lipinski definition) is 0. The predicted octanol–water partition coefficient (Wildman–Crippen LogP) is 1.82. The van der Waals surface area contributed by atoms with Crippen LogP contribution in [0, 0.1) is 6.92 Å². The van der Waals surface area contributed by atoms with Gasteiger partial charge in [-0.05, 0) is 25.0 Å². The molecule has 0 aliphatic carbocycles. The van der Waals surface area contributed by atoms with Crippen LogP contribution in [0.15, 0.2) is 22.9 Å². The smallest absolute Gasteiger partial charge is 0.259 e. The van der Waals surface area contributed by atoms with Gasteiger partial charge in [-0.1, -0.05) is 5.16 Å². The van der Waals surface area contributed by atoms with Crippen molar-refractivity contribution in [2.75, 3.05) is 33.4 Å². The van der Waals surface area contributed by atoms with Crippen molar-refractivity contribution in [1.29, 1.82) is 0 Å². The first-order chi connectivity index (χ1) is 12.2. The quantitative estimate of drug-likeness (QED) is 0.737. The van der Waals surface area contributed by atoms with Gasteiger partial charge in [-0.2, -0.15) is 4.98 Å². The molecule has 0 unspecified atom stereocenters. The van der Waals surface area contributed by atoms with E-state index < -0.39 is 0 Å². The van der Waals surface area contributed by atoms with E-state index in [4.69, 9.17) is 14.0 Å². The van der Waals surface area contributed by atoms with Crippen LogP contribution in [-0.4, -0.2) is 59.3 Å². The van der Waals surface area contributed by atoms with Crippen molar-refractivity contribution < 1.29 is 18.8 Å². The zero-order valence-electron chi connectivity index (χ0n) is 14.5. The largest absolute Gasteiger partial charge is 0.475 e. The Kier molecular flexibility index (Phi) is 5.60. The number of hydrogen-bond acceptors (Lipinski definition) is 7. The molecule has 0 bridgehead atoms. The van der Waals surface area contributed by atoms with E-state index in [0.29, 0.717) is 49.5 Å². The average Bonchev–Trinajstić information content (AvgIpc) is 3.08. The Bertz CT molecular complexity index is 718. The summed E-state index contributed by atoms with van der Waals surface area (Å²) < 4.78 is 15.6. The number of aromatic nitrogens is 3. The number of nitrogens with zero attached hydrogens (tertiary/aromatic N) is 4. The number of amides is 1. The molecule has 25 heavy (non-hydrogen) atoms. The van der Waals surface area contributed by atoms with E-state index in [1.54, 1.807) is 37.3 Å². The molecule has 1 aliphatic rings. The minimum absolute atomic E-state index is 0.0877. The summed E-state index contributed by atoms with van der Waals surface area (Å²) in [5.41, 5.74) is 0.462. The lowest BCUT2D eigenvalue weighted by Crippen LogP contribution is -2.39. The van der Waals surface area contributed by atoms with Crippen molar-refractivity contribution in [2.24, 2.45) is 0 Å². The number of ether oxygens (including phenoxy) is 2. The van der Waals surface area contributed by atoms with E-state index in [9.17, 15) is 4.79 Å². The summed E-state index contributed by atoms with van der Waals surface area (Å²) >= 11 is 0. The maximum atomic E-state index is 12.9. The van der Waals surface area contributed by atoms with Gasteiger partial charge in [-0.15, -0.1) is 0 Å². The maximum Gasteiger partial charge on any atom is 0.259 e. The van der Waals surface area contributed by atoms with E-state index in [0.717, 1.165) is 12.8 Å². The molecular weight excluding hydrogens is 324 g/mol. The molecule has 3 heterocycles. The number of rotatable bonds is 6. The number of piperidine rings is 1. The summed E-state index contributed by atoms with van der Waals surface area (Å²) in [6.45, 7) is 3.80. The molecule has 8 heteroatoms. The van der Waals surface area contributed by atoms with Gasteiger partial charge in [-0.3, -0.25) is 4.79 Å². The number of aryl methyl sites for hydroxylation is 1. The molecule has 1 atom stereocenters. The van der Waals surface area contributed by atoms with Gasteiger partial charge in [-0.25, -0.2) is 4.98 Å². The van der Waals surface area contributed by atoms with E-state index in [-0.39, 0.29) is 11.8 Å². The third-order valence-corrected chi connectivity index (χ3v) is 4.14. The van der Waals surface area contributed by atoms with E-state index in [1.807, 2.05) is 0 Å². The minimum Gasteiger partial charge on any atom is -0.475 e. The number of carbonyl (C=O) groups excluding carboxylic acids is 1. The Hall–Kier alpha value is -2.48. The van der Waals surface area contributed by atoms with Crippen molar-refractivity contribution >= 4 is 5.91 Å². The number of pyridine rings is 1. The zero-order valence-corrected chi connectivity index (χ0v) is 14.5. The van der Waals surface area contributed by atoms with Crippen LogP contribution < -0.4 is 4.74 Å². The third-order valence-electron chi connectivity index (χ3n) is 4.14. The Morgan fingerprint density at radius 1 is 1.44 bits per heavy atom. The Morgan fingerprint density at radius 2 is 2.32 bits per heavy atom. The highest BCUT2D eigenvalue weighted by atomic mass is 16.5. The highest BCUT2D eigenvalue weighted by Gasteiger charge is 2.29. The molecular formula is C17H22N4O4. The Labute approximate surface area is 146 Å². The predicted molar refractivity (Wildman–Crippen MR) is 88.5 cm³/mol. The van der Waals surface area contributed by atoms with Crippen LogP contribution in [0.4, 0.5) is 0 Å². The third kappa shape index (κ3) is 4.14. The first-order valence-electron chi connectivity index (χ1n) is 8.35. The van der Waals surface area contributed by atoms with Crippen LogP contribution in [0.2, 0.25) is 0 Å². The standard InChI is InChI=1S/C17H22N4O4/c1-12-19-15(20-25-12)13-5-4-8-21(11-13)17(22)14-6-3-7-18-16(14)24-10-9-23-2/h3,6-7,13H,4-5,8-11H2,1-2H3/t13-/m0/s1. The van der Waals surface area contributed by atoms with Crippen molar-refractivity contribution in [2.45, 2.75) is 25.7 Å². The van der Waals surface area contributed by atoms with Crippen molar-refractivity contribution in [3.63, 3.8) is 0 Å². The number of methoxy groups -OCH3 is 1. The summed E-state index contributed by atoms with van der Waals surface area (Å²) in [5, 5.41) is 4.00. The lowest BCUT2D eigenvalue weighted by atomic mass is 9.97. The van der Waals surface area contributed by atoms with Crippen LogP contribution in [0.3, 0.4) is 0 Å². The second kappa shape index (κ2) is 8.06. The lowest BCUT2D eigenvalue weighted by molar-refractivity contribution is 0.0695. The molecule has 1 amide bonds. The molecule has 0 saturated carbocycles. The number of likely N-dealkylation sites (tertiary alicyclic amines) is 1. The highest BCUT2D eigenvalue weighted by molar-refractivity contribution is 5.96. The second-order valence-corrected chi connectivity index (χ2v) is 5.96. The van der Waals surface area contributed by atoms with Crippen LogP contribution in [-0.2, 0) is 4.74 Å². The molecule has 0 N–H and O–H groups in total. The molecule has 0 spiro atoms. The average molecular weight is 346 g/mol. The lowest BCUT2D eigenvalue weighted by Gasteiger charge is -2.31. The van der Waals surface area contributed by atoms with Crippen LogP contribution in [0.5, 0.6) is 5.88 Å². The molecule has 2 aromatic heterocycles. The number of carbonyl (C=O) groups is 1. The SMILES string of the molecule is COCCOc1ncccc1C(=O)N1CCC[C@H](c2noc(C)n2)C1. The van der Waals surface area contributed by atoms with Crippen molar-refractivity contribution in [1.82, 2.24) is 20.0 Å². The van der Waals surface area contributed by atoms with Crippen LogP contribution in [0.1, 0.15) is 40.8 Å². The van der Waals surface area contributed by atoms with Gasteiger partial charge in [0.25, 0.3) is 5.91 Å². The fourth-order valence-electron chi connectivity index (χ4n) is 2.91. The molecule has 8 nitrogen and oxygen atoms in total. The minimum atomic E-state index is -0.0922. The first kappa shape index (κ1) is 17.3. The van der Waals surface area contributed by atoms with Gasteiger partial charge in [0.05, 0.1) is 6.61 Å². The van der Waals surface area contributed by atoms with Crippen molar-refractivity contribution in [3.8, 4) is 5.88 Å². The fraction of sp³-hybridized carbons (Fsp3) is 0.529. The molecule has 1 fully saturated rings. The summed E-state index contributed by atoms with van der Waals surface area (Å²) in [5.74, 6) is 1.54. The van der Waals surface area contributed by atoms with Gasteiger partial charge < -0.3 is 18.9 Å². The van der Waals surface area contributed by atoms with Crippen LogP contribution in [0.25, 0.3) is 0 Å². The highest BCUT2D eigenvalue weighted by Crippen LogP contribution is 2.27. The topological polar surface area (TPSA) is 90.6 Å². The molecule has 134 valence electrons. The second-order valence-electron chi connectivity index (χ2n) is 5.96. The zero-order chi connectivity index (χ0) is 17.6. The van der Waals surface area contributed by atoms with Gasteiger partial charge in [0, 0.05) is 39.2 Å². The van der Waals surface area contributed by atoms with Gasteiger partial charge in [0.15, 0.2) is 5.82 Å².